The third-order valence-corrected chi connectivity index (χ3v) is 7.13. The largest absolute Gasteiger partial charge is 0.454 e. The lowest BCUT2D eigenvalue weighted by molar-refractivity contribution is -0.121. The molecule has 1 heterocycles. The van der Waals surface area contributed by atoms with Gasteiger partial charge >= 0.3 is 0 Å². The summed E-state index contributed by atoms with van der Waals surface area (Å²) in [5.74, 6) is 0.712. The van der Waals surface area contributed by atoms with Crippen molar-refractivity contribution in [3.8, 4) is 11.5 Å². The number of aryl methyl sites for hydroxylation is 1. The van der Waals surface area contributed by atoms with E-state index in [1.165, 1.54) is 10.5 Å². The predicted octanol–water partition coefficient (Wildman–Crippen LogP) is 3.11. The number of rotatable bonds is 9. The zero-order valence-corrected chi connectivity index (χ0v) is 19.5. The standard InChI is InChI=1S/C25H25N3O5S/c1-19-7-10-22(11-8-19)34(30,31)28(14-13-20-5-3-2-4-6-20)17-25(29)27-26-16-21-9-12-23-24(15-21)33-18-32-23/h2-12,15-16H,13-14,17-18H2,1H3,(H,27,29)/b26-16-. The van der Waals surface area contributed by atoms with Crippen molar-refractivity contribution in [2.45, 2.75) is 18.2 Å². The van der Waals surface area contributed by atoms with Crippen molar-refractivity contribution in [3.05, 3.63) is 89.5 Å². The molecule has 1 amide bonds. The van der Waals surface area contributed by atoms with E-state index in [2.05, 4.69) is 10.5 Å². The molecule has 0 unspecified atom stereocenters. The summed E-state index contributed by atoms with van der Waals surface area (Å²) in [6, 6.07) is 21.4. The average Bonchev–Trinajstić information content (AvgIpc) is 3.30. The molecule has 8 nitrogen and oxygen atoms in total. The van der Waals surface area contributed by atoms with Crippen molar-refractivity contribution in [2.24, 2.45) is 5.10 Å². The van der Waals surface area contributed by atoms with Gasteiger partial charge in [0.15, 0.2) is 11.5 Å². The highest BCUT2D eigenvalue weighted by atomic mass is 32.2. The van der Waals surface area contributed by atoms with Gasteiger partial charge in [-0.2, -0.15) is 9.41 Å². The molecule has 3 aromatic carbocycles. The summed E-state index contributed by atoms with van der Waals surface area (Å²) >= 11 is 0. The Bertz CT molecular complexity index is 1280. The van der Waals surface area contributed by atoms with Crippen molar-refractivity contribution in [1.29, 1.82) is 0 Å². The molecule has 9 heteroatoms. The Morgan fingerprint density at radius 1 is 1.03 bits per heavy atom. The summed E-state index contributed by atoms with van der Waals surface area (Å²) in [7, 11) is -3.88. The number of hydrogen-bond donors (Lipinski definition) is 1. The van der Waals surface area contributed by atoms with Crippen molar-refractivity contribution < 1.29 is 22.7 Å². The van der Waals surface area contributed by atoms with Gasteiger partial charge in [-0.1, -0.05) is 48.0 Å². The molecule has 0 atom stereocenters. The molecular weight excluding hydrogens is 454 g/mol. The molecule has 0 aromatic heterocycles. The Balaban J connectivity index is 1.45. The van der Waals surface area contributed by atoms with E-state index in [-0.39, 0.29) is 24.8 Å². The Morgan fingerprint density at radius 3 is 2.53 bits per heavy atom. The van der Waals surface area contributed by atoms with Crippen LogP contribution in [0.5, 0.6) is 11.5 Å². The number of fused-ring (bicyclic) bond motifs is 1. The summed E-state index contributed by atoms with van der Waals surface area (Å²) in [5.41, 5.74) is 5.05. The minimum atomic E-state index is -3.88. The number of hydrazone groups is 1. The Labute approximate surface area is 198 Å². The van der Waals surface area contributed by atoms with Crippen LogP contribution in [0.4, 0.5) is 0 Å². The number of carbonyl (C=O) groups is 1. The fourth-order valence-electron chi connectivity index (χ4n) is 3.41. The van der Waals surface area contributed by atoms with Crippen LogP contribution in [0.3, 0.4) is 0 Å². The number of amides is 1. The predicted molar refractivity (Wildman–Crippen MR) is 128 cm³/mol. The summed E-state index contributed by atoms with van der Waals surface area (Å²) in [6.07, 6.45) is 1.93. The first-order chi connectivity index (χ1) is 16.4. The van der Waals surface area contributed by atoms with Crippen molar-refractivity contribution in [2.75, 3.05) is 19.9 Å². The van der Waals surface area contributed by atoms with E-state index in [1.54, 1.807) is 42.5 Å². The first kappa shape index (κ1) is 23.5. The summed E-state index contributed by atoms with van der Waals surface area (Å²) < 4.78 is 38.3. The SMILES string of the molecule is Cc1ccc(S(=O)(=O)N(CCc2ccccc2)CC(=O)N/N=C\c2ccc3c(c2)OCO3)cc1. The van der Waals surface area contributed by atoms with Crippen molar-refractivity contribution in [1.82, 2.24) is 9.73 Å². The molecule has 3 aromatic rings. The Kier molecular flexibility index (Phi) is 7.24. The van der Waals surface area contributed by atoms with E-state index >= 15 is 0 Å². The number of hydrogen-bond acceptors (Lipinski definition) is 6. The number of benzene rings is 3. The lowest BCUT2D eigenvalue weighted by Gasteiger charge is -2.21. The molecule has 0 bridgehead atoms. The van der Waals surface area contributed by atoms with Gasteiger partial charge in [-0.15, -0.1) is 0 Å². The topological polar surface area (TPSA) is 97.3 Å². The second kappa shape index (κ2) is 10.5. The van der Waals surface area contributed by atoms with Crippen LogP contribution in [0, 0.1) is 6.92 Å². The highest BCUT2D eigenvalue weighted by Crippen LogP contribution is 2.31. The zero-order chi connectivity index (χ0) is 24.0. The normalized spacial score (nSPS) is 12.9. The minimum Gasteiger partial charge on any atom is -0.454 e. The molecule has 0 saturated heterocycles. The lowest BCUT2D eigenvalue weighted by atomic mass is 10.1. The molecule has 176 valence electrons. The van der Waals surface area contributed by atoms with Crippen LogP contribution in [0.15, 0.2) is 82.8 Å². The molecule has 0 fully saturated rings. The van der Waals surface area contributed by atoms with Gasteiger partial charge in [-0.05, 0) is 54.8 Å². The van der Waals surface area contributed by atoms with Crippen molar-refractivity contribution in [3.63, 3.8) is 0 Å². The highest BCUT2D eigenvalue weighted by Gasteiger charge is 2.26. The van der Waals surface area contributed by atoms with E-state index in [4.69, 9.17) is 9.47 Å². The van der Waals surface area contributed by atoms with Gasteiger partial charge in [-0.3, -0.25) is 4.79 Å². The van der Waals surface area contributed by atoms with Gasteiger partial charge in [0, 0.05) is 6.54 Å². The van der Waals surface area contributed by atoms with Crippen LogP contribution < -0.4 is 14.9 Å². The number of nitrogens with one attached hydrogen (secondary N) is 1. The third kappa shape index (κ3) is 5.81. The smallest absolute Gasteiger partial charge is 0.255 e. The van der Waals surface area contributed by atoms with E-state index in [1.807, 2.05) is 37.3 Å². The maximum Gasteiger partial charge on any atom is 0.255 e. The molecule has 0 radical (unpaired) electrons. The van der Waals surface area contributed by atoms with E-state index in [0.29, 0.717) is 23.5 Å². The molecule has 4 rings (SSSR count). The first-order valence-electron chi connectivity index (χ1n) is 10.7. The van der Waals surface area contributed by atoms with Crippen LogP contribution in [-0.4, -0.2) is 44.7 Å². The fraction of sp³-hybridized carbons (Fsp3) is 0.200. The van der Waals surface area contributed by atoms with Crippen LogP contribution in [-0.2, 0) is 21.2 Å². The molecule has 1 aliphatic heterocycles. The van der Waals surface area contributed by atoms with Crippen LogP contribution in [0.2, 0.25) is 0 Å². The van der Waals surface area contributed by atoms with E-state index in [9.17, 15) is 13.2 Å². The summed E-state index contributed by atoms with van der Waals surface area (Å²) in [6.45, 7) is 1.84. The number of carbonyl (C=O) groups excluding carboxylic acids is 1. The van der Waals surface area contributed by atoms with Crippen molar-refractivity contribution >= 4 is 22.1 Å². The lowest BCUT2D eigenvalue weighted by Crippen LogP contribution is -2.40. The fourth-order valence-corrected chi connectivity index (χ4v) is 4.81. The van der Waals surface area contributed by atoms with E-state index < -0.39 is 15.9 Å². The molecule has 0 saturated carbocycles. The first-order valence-corrected chi connectivity index (χ1v) is 12.2. The maximum atomic E-state index is 13.3. The molecule has 34 heavy (non-hydrogen) atoms. The van der Waals surface area contributed by atoms with Gasteiger partial charge in [0.2, 0.25) is 16.8 Å². The van der Waals surface area contributed by atoms with Crippen LogP contribution in [0.25, 0.3) is 0 Å². The number of sulfonamides is 1. The van der Waals surface area contributed by atoms with Crippen LogP contribution >= 0.6 is 0 Å². The average molecular weight is 480 g/mol. The molecule has 0 aliphatic carbocycles. The Morgan fingerprint density at radius 2 is 1.76 bits per heavy atom. The molecule has 1 N–H and O–H groups in total. The van der Waals surface area contributed by atoms with Gasteiger partial charge < -0.3 is 9.47 Å². The van der Waals surface area contributed by atoms with E-state index in [0.717, 1.165) is 11.1 Å². The minimum absolute atomic E-state index is 0.142. The maximum absolute atomic E-state index is 13.3. The third-order valence-electron chi connectivity index (χ3n) is 5.27. The summed E-state index contributed by atoms with van der Waals surface area (Å²) in [5, 5.41) is 3.96. The monoisotopic (exact) mass is 479 g/mol. The van der Waals surface area contributed by atoms with Gasteiger partial charge in [0.05, 0.1) is 17.7 Å². The van der Waals surface area contributed by atoms with Gasteiger partial charge in [0.25, 0.3) is 5.91 Å². The van der Waals surface area contributed by atoms with Crippen LogP contribution in [0.1, 0.15) is 16.7 Å². The highest BCUT2D eigenvalue weighted by molar-refractivity contribution is 7.89. The quantitative estimate of drug-likeness (QED) is 0.376. The molecule has 0 spiro atoms. The van der Waals surface area contributed by atoms with Gasteiger partial charge in [-0.25, -0.2) is 13.8 Å². The Hall–Kier alpha value is -3.69. The zero-order valence-electron chi connectivity index (χ0n) is 18.7. The molecule has 1 aliphatic rings. The van der Waals surface area contributed by atoms with Gasteiger partial charge in [0.1, 0.15) is 0 Å². The second-order valence-corrected chi connectivity index (χ2v) is 9.73. The summed E-state index contributed by atoms with van der Waals surface area (Å²) in [4.78, 5) is 12.7. The molecular formula is C25H25N3O5S. The second-order valence-electron chi connectivity index (χ2n) is 7.79. The number of ether oxygens (including phenoxy) is 2. The number of nitrogens with zero attached hydrogens (tertiary/aromatic N) is 2.